The number of hydrogen-bond donors (Lipinski definition) is 1. The summed E-state index contributed by atoms with van der Waals surface area (Å²) in [5.41, 5.74) is 2.80. The Morgan fingerprint density at radius 1 is 1.04 bits per heavy atom. The minimum atomic E-state index is -3.71. The highest BCUT2D eigenvalue weighted by atomic mass is 32.2. The molecule has 4 rings (SSSR count). The zero-order valence-electron chi connectivity index (χ0n) is 13.5. The van der Waals surface area contributed by atoms with E-state index in [0.717, 1.165) is 22.9 Å². The fourth-order valence-electron chi connectivity index (χ4n) is 2.62. The minimum absolute atomic E-state index is 0.137. The number of hydrogen-bond acceptors (Lipinski definition) is 7. The molecule has 4 aromatic rings. The Bertz CT molecular complexity index is 1140. The van der Waals surface area contributed by atoms with Crippen LogP contribution in [0.2, 0.25) is 0 Å². The maximum Gasteiger partial charge on any atom is 0.243 e. The molecule has 0 unspecified atom stereocenters. The molecule has 2 heterocycles. The van der Waals surface area contributed by atoms with Crippen molar-refractivity contribution < 1.29 is 8.42 Å². The van der Waals surface area contributed by atoms with Crippen molar-refractivity contribution in [1.82, 2.24) is 28.2 Å². The summed E-state index contributed by atoms with van der Waals surface area (Å²) in [7, 11) is -3.71. The molecule has 2 aromatic heterocycles. The molecule has 0 fully saturated rings. The first-order chi connectivity index (χ1) is 12.6. The first-order valence-corrected chi connectivity index (χ1v) is 9.95. The average molecular weight is 386 g/mol. The van der Waals surface area contributed by atoms with Crippen LogP contribution in [0, 0.1) is 0 Å². The van der Waals surface area contributed by atoms with E-state index in [1.807, 2.05) is 24.3 Å². The third kappa shape index (κ3) is 3.34. The summed E-state index contributed by atoms with van der Waals surface area (Å²) in [6.07, 6.45) is 3.09. The van der Waals surface area contributed by atoms with E-state index >= 15 is 0 Å². The van der Waals surface area contributed by atoms with Gasteiger partial charge in [-0.2, -0.15) is 13.8 Å². The number of benzene rings is 2. The van der Waals surface area contributed by atoms with Crippen molar-refractivity contribution in [1.29, 1.82) is 0 Å². The summed E-state index contributed by atoms with van der Waals surface area (Å²) in [6, 6.07) is 12.6. The van der Waals surface area contributed by atoms with Crippen molar-refractivity contribution in [2.24, 2.45) is 0 Å². The van der Waals surface area contributed by atoms with Crippen LogP contribution in [0.25, 0.3) is 11.0 Å². The number of fused-ring (bicyclic) bond motifs is 1. The second kappa shape index (κ2) is 6.90. The summed E-state index contributed by atoms with van der Waals surface area (Å²) < 4.78 is 38.0. The van der Waals surface area contributed by atoms with E-state index in [0.29, 0.717) is 17.6 Å². The minimum Gasteiger partial charge on any atom is -0.249 e. The molecule has 0 bridgehead atoms. The fourth-order valence-corrected chi connectivity index (χ4v) is 4.39. The van der Waals surface area contributed by atoms with Crippen LogP contribution in [0.15, 0.2) is 60.0 Å². The molecule has 0 amide bonds. The molecule has 1 N–H and O–H groups in total. The van der Waals surface area contributed by atoms with Crippen molar-refractivity contribution in [3.8, 4) is 0 Å². The van der Waals surface area contributed by atoms with Gasteiger partial charge in [0.2, 0.25) is 10.0 Å². The van der Waals surface area contributed by atoms with Crippen LogP contribution in [0.3, 0.4) is 0 Å². The van der Waals surface area contributed by atoms with Gasteiger partial charge in [-0.25, -0.2) is 22.8 Å². The van der Waals surface area contributed by atoms with Gasteiger partial charge in [0.25, 0.3) is 0 Å². The van der Waals surface area contributed by atoms with Gasteiger partial charge in [0.1, 0.15) is 28.6 Å². The third-order valence-electron chi connectivity index (χ3n) is 3.91. The summed E-state index contributed by atoms with van der Waals surface area (Å²) >= 11 is 0.994. The molecular weight excluding hydrogens is 372 g/mol. The summed E-state index contributed by atoms with van der Waals surface area (Å²) in [4.78, 5) is 4.06. The van der Waals surface area contributed by atoms with Gasteiger partial charge < -0.3 is 0 Å². The van der Waals surface area contributed by atoms with Crippen molar-refractivity contribution in [3.05, 3.63) is 66.2 Å². The van der Waals surface area contributed by atoms with Crippen LogP contribution < -0.4 is 4.72 Å². The second-order valence-electron chi connectivity index (χ2n) is 5.57. The first-order valence-electron chi connectivity index (χ1n) is 7.73. The van der Waals surface area contributed by atoms with Gasteiger partial charge in [-0.15, -0.1) is 0 Å². The van der Waals surface area contributed by atoms with E-state index in [-0.39, 0.29) is 11.4 Å². The van der Waals surface area contributed by atoms with Gasteiger partial charge in [0.05, 0.1) is 18.3 Å². The Hall–Kier alpha value is -2.69. The summed E-state index contributed by atoms with van der Waals surface area (Å²) in [5.74, 6) is 0. The molecule has 0 radical (unpaired) electrons. The SMILES string of the molecule is O=S(=O)(NCc1ccccc1Cn1cncn1)c1cccc2nsnc12. The lowest BCUT2D eigenvalue weighted by molar-refractivity contribution is 0.581. The first kappa shape index (κ1) is 16.8. The quantitative estimate of drug-likeness (QED) is 0.542. The zero-order chi connectivity index (χ0) is 18.0. The molecule has 0 atom stereocenters. The third-order valence-corrected chi connectivity index (χ3v) is 5.88. The lowest BCUT2D eigenvalue weighted by Crippen LogP contribution is -2.24. The predicted octanol–water partition coefficient (Wildman–Crippen LogP) is 1.81. The summed E-state index contributed by atoms with van der Waals surface area (Å²) in [5, 5.41) is 4.09. The smallest absolute Gasteiger partial charge is 0.243 e. The zero-order valence-corrected chi connectivity index (χ0v) is 15.1. The number of rotatable bonds is 6. The molecule has 132 valence electrons. The Morgan fingerprint density at radius 3 is 2.69 bits per heavy atom. The van der Waals surface area contributed by atoms with Gasteiger partial charge in [0, 0.05) is 6.54 Å². The lowest BCUT2D eigenvalue weighted by Gasteiger charge is -2.11. The van der Waals surface area contributed by atoms with Gasteiger partial charge >= 0.3 is 0 Å². The van der Waals surface area contributed by atoms with Crippen molar-refractivity contribution in [2.45, 2.75) is 18.0 Å². The molecule has 26 heavy (non-hydrogen) atoms. The van der Waals surface area contributed by atoms with E-state index < -0.39 is 10.0 Å². The average Bonchev–Trinajstić information content (AvgIpc) is 3.32. The fraction of sp³-hybridized carbons (Fsp3) is 0.125. The van der Waals surface area contributed by atoms with Crippen LogP contribution in [-0.2, 0) is 23.1 Å². The predicted molar refractivity (Wildman–Crippen MR) is 97.0 cm³/mol. The highest BCUT2D eigenvalue weighted by Gasteiger charge is 2.19. The molecule has 0 aliphatic heterocycles. The molecule has 2 aromatic carbocycles. The number of aromatic nitrogens is 5. The molecular formula is C16H14N6O2S2. The molecule has 0 saturated heterocycles. The van der Waals surface area contributed by atoms with Crippen LogP contribution in [0.4, 0.5) is 0 Å². The van der Waals surface area contributed by atoms with Crippen molar-refractivity contribution >= 4 is 32.8 Å². The highest BCUT2D eigenvalue weighted by Crippen LogP contribution is 2.21. The van der Waals surface area contributed by atoms with Crippen LogP contribution in [0.1, 0.15) is 11.1 Å². The van der Waals surface area contributed by atoms with E-state index in [1.165, 1.54) is 12.4 Å². The van der Waals surface area contributed by atoms with Crippen LogP contribution >= 0.6 is 11.7 Å². The molecule has 8 nitrogen and oxygen atoms in total. The Labute approximate surface area is 153 Å². The van der Waals surface area contributed by atoms with Crippen molar-refractivity contribution in [2.75, 3.05) is 0 Å². The van der Waals surface area contributed by atoms with E-state index in [1.54, 1.807) is 23.1 Å². The van der Waals surface area contributed by atoms with Gasteiger partial charge in [-0.1, -0.05) is 30.3 Å². The normalized spacial score (nSPS) is 11.8. The standard InChI is InChI=1S/C16H14N6O2S2/c23-26(24,15-7-3-6-14-16(15)21-25-20-14)19-8-12-4-1-2-5-13(12)9-22-11-17-10-18-22/h1-7,10-11,19H,8-9H2. The lowest BCUT2D eigenvalue weighted by atomic mass is 10.1. The maximum absolute atomic E-state index is 12.7. The molecule has 10 heteroatoms. The number of nitrogens with one attached hydrogen (secondary N) is 1. The van der Waals surface area contributed by atoms with Gasteiger partial charge in [0.15, 0.2) is 0 Å². The monoisotopic (exact) mass is 386 g/mol. The molecule has 0 aliphatic carbocycles. The van der Waals surface area contributed by atoms with Crippen LogP contribution in [-0.4, -0.2) is 31.9 Å². The Balaban J connectivity index is 1.58. The van der Waals surface area contributed by atoms with E-state index in [2.05, 4.69) is 23.6 Å². The van der Waals surface area contributed by atoms with Gasteiger partial charge in [-0.05, 0) is 23.3 Å². The summed E-state index contributed by atoms with van der Waals surface area (Å²) in [6.45, 7) is 0.685. The largest absolute Gasteiger partial charge is 0.249 e. The van der Waals surface area contributed by atoms with Crippen LogP contribution in [0.5, 0.6) is 0 Å². The number of nitrogens with zero attached hydrogens (tertiary/aromatic N) is 5. The maximum atomic E-state index is 12.7. The Kier molecular flexibility index (Phi) is 4.45. The van der Waals surface area contributed by atoms with Gasteiger partial charge in [-0.3, -0.25) is 0 Å². The van der Waals surface area contributed by atoms with Crippen molar-refractivity contribution in [3.63, 3.8) is 0 Å². The topological polar surface area (TPSA) is 103 Å². The van der Waals surface area contributed by atoms with E-state index in [4.69, 9.17) is 0 Å². The molecule has 0 aliphatic rings. The highest BCUT2D eigenvalue weighted by molar-refractivity contribution is 7.89. The Morgan fingerprint density at radius 2 is 1.88 bits per heavy atom. The number of sulfonamides is 1. The molecule has 0 saturated carbocycles. The second-order valence-corrected chi connectivity index (χ2v) is 7.84. The molecule has 0 spiro atoms. The van der Waals surface area contributed by atoms with E-state index in [9.17, 15) is 8.42 Å².